The van der Waals surface area contributed by atoms with Crippen molar-refractivity contribution in [2.45, 2.75) is 63.7 Å². The Morgan fingerprint density at radius 2 is 1.44 bits per heavy atom. The van der Waals surface area contributed by atoms with E-state index in [0.717, 1.165) is 0 Å². The number of aliphatic carboxylic acids is 2. The highest BCUT2D eigenvalue weighted by molar-refractivity contribution is 5.96. The van der Waals surface area contributed by atoms with Crippen LogP contribution in [0.2, 0.25) is 0 Å². The highest BCUT2D eigenvalue weighted by atomic mass is 16.4. The van der Waals surface area contributed by atoms with Gasteiger partial charge in [0.25, 0.3) is 0 Å². The van der Waals surface area contributed by atoms with E-state index in [1.807, 2.05) is 0 Å². The van der Waals surface area contributed by atoms with Crippen LogP contribution in [0.4, 0.5) is 0 Å². The molecular weight excluding hydrogens is 430 g/mol. The first-order valence-corrected chi connectivity index (χ1v) is 9.84. The Morgan fingerprint density at radius 1 is 0.906 bits per heavy atom. The molecule has 0 aromatic rings. The quantitative estimate of drug-likeness (QED) is 0.120. The molecule has 0 aliphatic carbocycles. The third-order valence-corrected chi connectivity index (χ3v) is 4.64. The first kappa shape index (κ1) is 28.7. The largest absolute Gasteiger partial charge is 0.481 e. The van der Waals surface area contributed by atoms with Gasteiger partial charge in [0.05, 0.1) is 19.1 Å². The summed E-state index contributed by atoms with van der Waals surface area (Å²) in [6.07, 6.45) is -0.869. The van der Waals surface area contributed by atoms with Crippen molar-refractivity contribution in [3.8, 4) is 0 Å². The molecule has 0 heterocycles. The summed E-state index contributed by atoms with van der Waals surface area (Å²) >= 11 is 0. The number of primary amides is 1. The van der Waals surface area contributed by atoms with Gasteiger partial charge in [-0.1, -0.05) is 20.3 Å². The van der Waals surface area contributed by atoms with Crippen LogP contribution in [0.3, 0.4) is 0 Å². The van der Waals surface area contributed by atoms with Gasteiger partial charge in [0.2, 0.25) is 23.6 Å². The van der Waals surface area contributed by atoms with Gasteiger partial charge in [0.15, 0.2) is 0 Å². The second-order valence-corrected chi connectivity index (χ2v) is 7.22. The number of nitrogens with one attached hydrogen (secondary N) is 3. The van der Waals surface area contributed by atoms with Gasteiger partial charge in [-0.2, -0.15) is 0 Å². The van der Waals surface area contributed by atoms with Crippen molar-refractivity contribution >= 4 is 35.6 Å². The molecule has 0 rings (SSSR count). The van der Waals surface area contributed by atoms with Crippen LogP contribution in [0, 0.1) is 5.92 Å². The Kier molecular flexibility index (Phi) is 12.5. The lowest BCUT2D eigenvalue weighted by Gasteiger charge is -2.25. The Bertz CT molecular complexity index is 715. The SMILES string of the molecule is CCC(C)C(NC(=O)C(CC(N)=O)NC(=O)C(CO)NC(=O)C(N)CCC(=O)O)C(=O)O. The summed E-state index contributed by atoms with van der Waals surface area (Å²) in [6, 6.07) is -5.71. The van der Waals surface area contributed by atoms with Gasteiger partial charge in [-0.3, -0.25) is 24.0 Å². The summed E-state index contributed by atoms with van der Waals surface area (Å²) in [5.74, 6) is -6.90. The van der Waals surface area contributed by atoms with E-state index in [9.17, 15) is 39.0 Å². The molecule has 0 saturated heterocycles. The van der Waals surface area contributed by atoms with Gasteiger partial charge in [0, 0.05) is 6.42 Å². The first-order valence-electron chi connectivity index (χ1n) is 9.84. The van der Waals surface area contributed by atoms with E-state index >= 15 is 0 Å². The number of carbonyl (C=O) groups excluding carboxylic acids is 4. The minimum Gasteiger partial charge on any atom is -0.481 e. The summed E-state index contributed by atoms with van der Waals surface area (Å²) in [6.45, 7) is 2.40. The minimum absolute atomic E-state index is 0.222. The van der Waals surface area contributed by atoms with Gasteiger partial charge in [0.1, 0.15) is 18.1 Å². The smallest absolute Gasteiger partial charge is 0.326 e. The predicted molar refractivity (Wildman–Crippen MR) is 109 cm³/mol. The zero-order valence-electron chi connectivity index (χ0n) is 17.9. The van der Waals surface area contributed by atoms with Gasteiger partial charge in [-0.05, 0) is 12.3 Å². The lowest BCUT2D eigenvalue weighted by molar-refractivity contribution is -0.144. The lowest BCUT2D eigenvalue weighted by Crippen LogP contribution is -2.59. The summed E-state index contributed by atoms with van der Waals surface area (Å²) in [5.41, 5.74) is 10.6. The number of hydrogen-bond acceptors (Lipinski definition) is 8. The van der Waals surface area contributed by atoms with Crippen molar-refractivity contribution in [2.75, 3.05) is 6.61 Å². The average molecular weight is 461 g/mol. The fourth-order valence-electron chi connectivity index (χ4n) is 2.50. The molecule has 0 spiro atoms. The maximum absolute atomic E-state index is 12.5. The zero-order chi connectivity index (χ0) is 25.0. The van der Waals surface area contributed by atoms with Crippen molar-refractivity contribution in [3.63, 3.8) is 0 Å². The molecule has 0 aliphatic rings. The van der Waals surface area contributed by atoms with Crippen molar-refractivity contribution < 1.29 is 44.1 Å². The molecular formula is C18H31N5O9. The highest BCUT2D eigenvalue weighted by Gasteiger charge is 2.32. The molecule has 0 radical (unpaired) electrons. The molecule has 0 aromatic carbocycles. The third-order valence-electron chi connectivity index (χ3n) is 4.64. The second kappa shape index (κ2) is 13.9. The second-order valence-electron chi connectivity index (χ2n) is 7.22. The van der Waals surface area contributed by atoms with Gasteiger partial charge < -0.3 is 42.7 Å². The van der Waals surface area contributed by atoms with Gasteiger partial charge in [-0.25, -0.2) is 4.79 Å². The molecule has 182 valence electrons. The van der Waals surface area contributed by atoms with Crippen LogP contribution >= 0.6 is 0 Å². The summed E-state index contributed by atoms with van der Waals surface area (Å²) in [5, 5.41) is 33.8. The van der Waals surface area contributed by atoms with Gasteiger partial charge >= 0.3 is 11.9 Å². The van der Waals surface area contributed by atoms with Crippen molar-refractivity contribution in [1.82, 2.24) is 16.0 Å². The summed E-state index contributed by atoms with van der Waals surface area (Å²) < 4.78 is 0. The molecule has 5 unspecified atom stereocenters. The number of carboxylic acids is 2. The van der Waals surface area contributed by atoms with E-state index in [-0.39, 0.29) is 6.42 Å². The van der Waals surface area contributed by atoms with Crippen LogP contribution in [0.25, 0.3) is 0 Å². The Labute approximate surface area is 184 Å². The van der Waals surface area contributed by atoms with Crippen LogP contribution < -0.4 is 27.4 Å². The predicted octanol–water partition coefficient (Wildman–Crippen LogP) is -3.37. The molecule has 0 aromatic heterocycles. The monoisotopic (exact) mass is 461 g/mol. The standard InChI is InChI=1S/C18H31N5O9/c1-3-8(2)14(18(31)32)23-16(29)10(6-12(20)25)21-17(30)11(7-24)22-15(28)9(19)4-5-13(26)27/h8-11,14,24H,3-7,19H2,1-2H3,(H2,20,25)(H,21,30)(H,22,28)(H,23,29)(H,26,27)(H,31,32). The van der Waals surface area contributed by atoms with E-state index < -0.39 is 85.1 Å². The number of carboxylic acid groups (broad SMARTS) is 2. The van der Waals surface area contributed by atoms with Crippen LogP contribution in [-0.4, -0.2) is 81.7 Å². The molecule has 0 fully saturated rings. The minimum atomic E-state index is -1.58. The Hall–Kier alpha value is -3.26. The maximum atomic E-state index is 12.5. The number of amides is 4. The van der Waals surface area contributed by atoms with Gasteiger partial charge in [-0.15, -0.1) is 0 Å². The summed E-state index contributed by atoms with van der Waals surface area (Å²) in [7, 11) is 0. The molecule has 0 bridgehead atoms. The van der Waals surface area contributed by atoms with E-state index in [2.05, 4.69) is 16.0 Å². The number of nitrogens with two attached hydrogens (primary N) is 2. The van der Waals surface area contributed by atoms with E-state index in [4.69, 9.17) is 16.6 Å². The number of aliphatic hydroxyl groups is 1. The van der Waals surface area contributed by atoms with Crippen LogP contribution in [0.5, 0.6) is 0 Å². The zero-order valence-corrected chi connectivity index (χ0v) is 17.9. The number of carbonyl (C=O) groups is 6. The molecule has 0 aliphatic heterocycles. The fourth-order valence-corrected chi connectivity index (χ4v) is 2.50. The normalized spacial score (nSPS) is 15.4. The average Bonchev–Trinajstić information content (AvgIpc) is 2.71. The third kappa shape index (κ3) is 10.2. The topological polar surface area (TPSA) is 251 Å². The van der Waals surface area contributed by atoms with E-state index in [1.165, 1.54) is 0 Å². The molecule has 14 heteroatoms. The first-order chi connectivity index (χ1) is 14.8. The molecule has 5 atom stereocenters. The Morgan fingerprint density at radius 3 is 1.88 bits per heavy atom. The Balaban J connectivity index is 5.29. The number of rotatable bonds is 15. The molecule has 10 N–H and O–H groups in total. The number of hydrogen-bond donors (Lipinski definition) is 8. The lowest BCUT2D eigenvalue weighted by atomic mass is 9.98. The van der Waals surface area contributed by atoms with Crippen LogP contribution in [0.1, 0.15) is 39.5 Å². The van der Waals surface area contributed by atoms with E-state index in [1.54, 1.807) is 13.8 Å². The van der Waals surface area contributed by atoms with Crippen LogP contribution in [-0.2, 0) is 28.8 Å². The fraction of sp³-hybridized carbons (Fsp3) is 0.667. The van der Waals surface area contributed by atoms with Crippen LogP contribution in [0.15, 0.2) is 0 Å². The molecule has 4 amide bonds. The molecule has 14 nitrogen and oxygen atoms in total. The van der Waals surface area contributed by atoms with Crippen molar-refractivity contribution in [1.29, 1.82) is 0 Å². The number of aliphatic hydroxyl groups excluding tert-OH is 1. The van der Waals surface area contributed by atoms with Crippen molar-refractivity contribution in [2.24, 2.45) is 17.4 Å². The highest BCUT2D eigenvalue weighted by Crippen LogP contribution is 2.09. The molecule has 0 saturated carbocycles. The molecule has 32 heavy (non-hydrogen) atoms. The van der Waals surface area contributed by atoms with Crippen molar-refractivity contribution in [3.05, 3.63) is 0 Å². The van der Waals surface area contributed by atoms with E-state index in [0.29, 0.717) is 6.42 Å². The maximum Gasteiger partial charge on any atom is 0.326 e. The summed E-state index contributed by atoms with van der Waals surface area (Å²) in [4.78, 5) is 70.3.